The van der Waals surface area contributed by atoms with Crippen LogP contribution in [-0.4, -0.2) is 22.8 Å². The van der Waals surface area contributed by atoms with E-state index >= 15 is 0 Å². The molecule has 3 heteroatoms. The average Bonchev–Trinajstić information content (AvgIpc) is 2.88. The number of rotatable bonds is 5. The second-order valence-electron chi connectivity index (χ2n) is 6.40. The number of phenolic OH excluding ortho intramolecular Hbond substituents is 1. The van der Waals surface area contributed by atoms with Crippen LogP contribution in [0.3, 0.4) is 0 Å². The maximum atomic E-state index is 10.1. The molecule has 1 saturated carbocycles. The summed E-state index contributed by atoms with van der Waals surface area (Å²) in [4.78, 5) is 2.43. The number of nitrogens with zero attached hydrogens (tertiary/aromatic N) is 1. The van der Waals surface area contributed by atoms with Gasteiger partial charge >= 0.3 is 0 Å². The molecule has 1 aliphatic carbocycles. The number of phenols is 1. The van der Waals surface area contributed by atoms with Crippen molar-refractivity contribution >= 4 is 5.69 Å². The SMILES string of the molecule is CC(C)CN(c1ccc(C(C)O)c(O)c1)C1CCCC1. The second kappa shape index (κ2) is 6.49. The van der Waals surface area contributed by atoms with Crippen molar-refractivity contribution in [2.75, 3.05) is 11.4 Å². The van der Waals surface area contributed by atoms with Crippen molar-refractivity contribution < 1.29 is 10.2 Å². The molecular formula is C17H27NO2. The van der Waals surface area contributed by atoms with Crippen LogP contribution in [-0.2, 0) is 0 Å². The first-order valence-electron chi connectivity index (χ1n) is 7.76. The van der Waals surface area contributed by atoms with Gasteiger partial charge in [0.15, 0.2) is 0 Å². The van der Waals surface area contributed by atoms with E-state index < -0.39 is 6.10 Å². The Hall–Kier alpha value is -1.22. The molecule has 1 atom stereocenters. The quantitative estimate of drug-likeness (QED) is 0.859. The molecule has 1 unspecified atom stereocenters. The summed E-state index contributed by atoms with van der Waals surface area (Å²) in [6.45, 7) is 7.15. The van der Waals surface area contributed by atoms with Gasteiger partial charge in [0.1, 0.15) is 5.75 Å². The normalized spacial score (nSPS) is 17.6. The standard InChI is InChI=1S/C17H27NO2/c1-12(2)11-18(14-6-4-5-7-14)15-8-9-16(13(3)19)17(20)10-15/h8-10,12-14,19-20H,4-7,11H2,1-3H3. The van der Waals surface area contributed by atoms with Gasteiger partial charge in [0.05, 0.1) is 6.10 Å². The van der Waals surface area contributed by atoms with Gasteiger partial charge in [-0.25, -0.2) is 0 Å². The molecule has 0 amide bonds. The Morgan fingerprint density at radius 3 is 2.35 bits per heavy atom. The summed E-state index contributed by atoms with van der Waals surface area (Å²) in [6.07, 6.45) is 4.46. The number of hydrogen-bond donors (Lipinski definition) is 2. The summed E-state index contributed by atoms with van der Waals surface area (Å²) in [5, 5.41) is 19.7. The summed E-state index contributed by atoms with van der Waals surface area (Å²) in [7, 11) is 0. The molecule has 0 radical (unpaired) electrons. The fourth-order valence-electron chi connectivity index (χ4n) is 3.14. The van der Waals surface area contributed by atoms with Gasteiger partial charge in [0.2, 0.25) is 0 Å². The minimum atomic E-state index is -0.630. The van der Waals surface area contributed by atoms with Crippen molar-refractivity contribution in [1.29, 1.82) is 0 Å². The maximum Gasteiger partial charge on any atom is 0.123 e. The van der Waals surface area contributed by atoms with E-state index in [1.54, 1.807) is 6.92 Å². The van der Waals surface area contributed by atoms with E-state index in [-0.39, 0.29) is 5.75 Å². The first-order chi connectivity index (χ1) is 9.49. The predicted molar refractivity (Wildman–Crippen MR) is 83.2 cm³/mol. The van der Waals surface area contributed by atoms with Gasteiger partial charge in [0, 0.05) is 29.9 Å². The Morgan fingerprint density at radius 1 is 1.20 bits per heavy atom. The van der Waals surface area contributed by atoms with E-state index in [1.807, 2.05) is 18.2 Å². The average molecular weight is 277 g/mol. The van der Waals surface area contributed by atoms with Crippen LogP contribution in [0.5, 0.6) is 5.75 Å². The van der Waals surface area contributed by atoms with E-state index in [2.05, 4.69) is 18.7 Å². The van der Waals surface area contributed by atoms with E-state index in [0.29, 0.717) is 17.5 Å². The number of anilines is 1. The van der Waals surface area contributed by atoms with Crippen LogP contribution >= 0.6 is 0 Å². The molecule has 0 bridgehead atoms. The van der Waals surface area contributed by atoms with Crippen molar-refractivity contribution in [1.82, 2.24) is 0 Å². The van der Waals surface area contributed by atoms with Crippen LogP contribution in [0.15, 0.2) is 18.2 Å². The Kier molecular flexibility index (Phi) is 4.92. The molecule has 3 nitrogen and oxygen atoms in total. The van der Waals surface area contributed by atoms with Crippen molar-refractivity contribution in [2.45, 2.75) is 58.6 Å². The number of aliphatic hydroxyl groups is 1. The topological polar surface area (TPSA) is 43.7 Å². The van der Waals surface area contributed by atoms with Gasteiger partial charge in [0.25, 0.3) is 0 Å². The summed E-state index contributed by atoms with van der Waals surface area (Å²) in [5.74, 6) is 0.790. The molecule has 1 aromatic rings. The molecule has 2 N–H and O–H groups in total. The molecule has 2 rings (SSSR count). The minimum absolute atomic E-state index is 0.198. The summed E-state index contributed by atoms with van der Waals surface area (Å²) in [6, 6.07) is 6.28. The highest BCUT2D eigenvalue weighted by atomic mass is 16.3. The summed E-state index contributed by atoms with van der Waals surface area (Å²) >= 11 is 0. The van der Waals surface area contributed by atoms with E-state index in [9.17, 15) is 10.2 Å². The summed E-state index contributed by atoms with van der Waals surface area (Å²) in [5.41, 5.74) is 1.68. The molecule has 1 fully saturated rings. The van der Waals surface area contributed by atoms with Crippen molar-refractivity contribution in [3.8, 4) is 5.75 Å². The number of hydrogen-bond acceptors (Lipinski definition) is 3. The van der Waals surface area contributed by atoms with Gasteiger partial charge in [-0.15, -0.1) is 0 Å². The zero-order valence-corrected chi connectivity index (χ0v) is 12.8. The number of aromatic hydroxyl groups is 1. The first kappa shape index (κ1) is 15.2. The highest BCUT2D eigenvalue weighted by molar-refractivity contribution is 5.54. The van der Waals surface area contributed by atoms with Crippen molar-refractivity contribution in [3.63, 3.8) is 0 Å². The number of aliphatic hydroxyl groups excluding tert-OH is 1. The van der Waals surface area contributed by atoms with E-state index in [0.717, 1.165) is 12.2 Å². The highest BCUT2D eigenvalue weighted by Gasteiger charge is 2.24. The minimum Gasteiger partial charge on any atom is -0.507 e. The molecule has 0 aromatic heterocycles. The van der Waals surface area contributed by atoms with Gasteiger partial charge in [-0.2, -0.15) is 0 Å². The zero-order chi connectivity index (χ0) is 14.7. The van der Waals surface area contributed by atoms with Crippen LogP contribution < -0.4 is 4.90 Å². The molecular weight excluding hydrogens is 250 g/mol. The third-order valence-corrected chi connectivity index (χ3v) is 4.12. The van der Waals surface area contributed by atoms with Crippen LogP contribution in [0.25, 0.3) is 0 Å². The molecule has 20 heavy (non-hydrogen) atoms. The van der Waals surface area contributed by atoms with Gasteiger partial charge in [-0.3, -0.25) is 0 Å². The Morgan fingerprint density at radius 2 is 1.85 bits per heavy atom. The Balaban J connectivity index is 2.25. The molecule has 0 spiro atoms. The third kappa shape index (κ3) is 3.45. The van der Waals surface area contributed by atoms with Gasteiger partial charge in [-0.05, 0) is 31.7 Å². The Bertz CT molecular complexity index is 437. The Labute approximate surface area is 122 Å². The van der Waals surface area contributed by atoms with Crippen LogP contribution in [0.1, 0.15) is 58.1 Å². The molecule has 0 aliphatic heterocycles. The summed E-state index contributed by atoms with van der Waals surface area (Å²) < 4.78 is 0. The predicted octanol–water partition coefficient (Wildman–Crippen LogP) is 3.85. The molecule has 0 heterocycles. The monoisotopic (exact) mass is 277 g/mol. The third-order valence-electron chi connectivity index (χ3n) is 4.12. The van der Waals surface area contributed by atoms with Crippen molar-refractivity contribution in [2.24, 2.45) is 5.92 Å². The highest BCUT2D eigenvalue weighted by Crippen LogP contribution is 2.33. The van der Waals surface area contributed by atoms with Crippen molar-refractivity contribution in [3.05, 3.63) is 23.8 Å². The zero-order valence-electron chi connectivity index (χ0n) is 12.8. The molecule has 1 aromatic carbocycles. The van der Waals surface area contributed by atoms with E-state index in [4.69, 9.17) is 0 Å². The fraction of sp³-hybridized carbons (Fsp3) is 0.647. The van der Waals surface area contributed by atoms with Gasteiger partial charge < -0.3 is 15.1 Å². The number of benzene rings is 1. The van der Waals surface area contributed by atoms with Crippen LogP contribution in [0.2, 0.25) is 0 Å². The fourth-order valence-corrected chi connectivity index (χ4v) is 3.14. The van der Waals surface area contributed by atoms with Gasteiger partial charge in [-0.1, -0.05) is 32.8 Å². The molecule has 0 saturated heterocycles. The first-order valence-corrected chi connectivity index (χ1v) is 7.76. The lowest BCUT2D eigenvalue weighted by Gasteiger charge is -2.33. The van der Waals surface area contributed by atoms with Crippen LogP contribution in [0, 0.1) is 5.92 Å². The van der Waals surface area contributed by atoms with E-state index in [1.165, 1.54) is 25.7 Å². The lowest BCUT2D eigenvalue weighted by atomic mass is 10.1. The lowest BCUT2D eigenvalue weighted by molar-refractivity contribution is 0.195. The second-order valence-corrected chi connectivity index (χ2v) is 6.40. The maximum absolute atomic E-state index is 10.1. The largest absolute Gasteiger partial charge is 0.507 e. The molecule has 112 valence electrons. The molecule has 1 aliphatic rings. The van der Waals surface area contributed by atoms with Crippen LogP contribution in [0.4, 0.5) is 5.69 Å². The lowest BCUT2D eigenvalue weighted by Crippen LogP contribution is -2.36. The smallest absolute Gasteiger partial charge is 0.123 e.